The van der Waals surface area contributed by atoms with E-state index in [0.29, 0.717) is 18.3 Å². The second-order valence-corrected chi connectivity index (χ2v) is 14.5. The van der Waals surface area contributed by atoms with Crippen LogP contribution in [0, 0.1) is 17.8 Å². The molecule has 46 heavy (non-hydrogen) atoms. The molecule has 16 heteroatoms. The van der Waals surface area contributed by atoms with Gasteiger partial charge in [0.15, 0.2) is 5.82 Å². The fourth-order valence-corrected chi connectivity index (χ4v) is 6.81. The highest BCUT2D eigenvalue weighted by Gasteiger charge is 2.55. The van der Waals surface area contributed by atoms with Crippen LogP contribution in [-0.2, 0) is 10.0 Å². The van der Waals surface area contributed by atoms with Gasteiger partial charge in [-0.1, -0.05) is 18.0 Å². The van der Waals surface area contributed by atoms with Crippen molar-refractivity contribution in [2.45, 2.75) is 69.0 Å². The number of nitrogens with zero attached hydrogens (tertiary/aromatic N) is 4. The second kappa shape index (κ2) is 13.7. The van der Waals surface area contributed by atoms with E-state index in [0.717, 1.165) is 25.8 Å². The molecule has 3 atom stereocenters. The number of nitrogens with one attached hydrogen (secondary N) is 3. The minimum atomic E-state index is -4.25. The van der Waals surface area contributed by atoms with Crippen molar-refractivity contribution in [1.29, 1.82) is 0 Å². The van der Waals surface area contributed by atoms with Gasteiger partial charge in [0.05, 0.1) is 18.1 Å². The van der Waals surface area contributed by atoms with Crippen LogP contribution in [0.2, 0.25) is 5.15 Å². The first kappa shape index (κ1) is 33.9. The molecule has 4 heterocycles. The zero-order chi connectivity index (χ0) is 33.1. The van der Waals surface area contributed by atoms with E-state index in [2.05, 4.69) is 39.5 Å². The highest BCUT2D eigenvalue weighted by molar-refractivity contribution is 7.90. The number of alkyl halides is 3. The highest BCUT2D eigenvalue weighted by atomic mass is 35.5. The third kappa shape index (κ3) is 8.88. The predicted octanol–water partition coefficient (Wildman–Crippen LogP) is 5.37. The van der Waals surface area contributed by atoms with E-state index in [-0.39, 0.29) is 52.3 Å². The molecule has 0 radical (unpaired) electrons. The van der Waals surface area contributed by atoms with Gasteiger partial charge in [0.2, 0.25) is 5.88 Å². The number of hydrogen-bond acceptors (Lipinski definition) is 9. The van der Waals surface area contributed by atoms with Gasteiger partial charge in [-0.25, -0.2) is 27.8 Å². The Morgan fingerprint density at radius 1 is 1.17 bits per heavy atom. The fraction of sp³-hybridized carbons (Fsp3) is 0.533. The number of amides is 1. The molecule has 250 valence electrons. The first-order chi connectivity index (χ1) is 21.7. The van der Waals surface area contributed by atoms with Gasteiger partial charge in [-0.2, -0.15) is 13.2 Å². The van der Waals surface area contributed by atoms with Crippen molar-refractivity contribution in [1.82, 2.24) is 29.8 Å². The number of carbonyl (C=O) groups is 1. The standard InChI is InChI=1S/C30H37ClF3N7O4S/c1-29(2)16-19(17-37-29)5-3-4-12-35-24-8-6-21(18-36-24)46(43,44)40-28(42)22-7-9-25(38-27(22)31)41-13-10-26(39-41)45-14-11-20-15-23(20)30(32,33)34/h6-10,13,18-20,23,37H,3-5,11-12,14-17H2,1-2H3,(H,35,36)(H,40,42). The number of ether oxygens (including phenoxy) is 1. The molecule has 1 saturated heterocycles. The van der Waals surface area contributed by atoms with Crippen LogP contribution in [0.5, 0.6) is 5.88 Å². The number of rotatable bonds is 14. The summed E-state index contributed by atoms with van der Waals surface area (Å²) < 4.78 is 72.5. The van der Waals surface area contributed by atoms with Gasteiger partial charge < -0.3 is 15.4 Å². The Labute approximate surface area is 270 Å². The number of sulfonamides is 1. The average Bonchev–Trinajstić information content (AvgIpc) is 3.49. The number of aromatic nitrogens is 4. The molecular formula is C30H37ClF3N7O4S. The normalized spacial score (nSPS) is 20.8. The quantitative estimate of drug-likeness (QED) is 0.151. The van der Waals surface area contributed by atoms with Crippen LogP contribution >= 0.6 is 11.6 Å². The van der Waals surface area contributed by atoms with E-state index in [1.165, 1.54) is 47.8 Å². The van der Waals surface area contributed by atoms with Crippen LogP contribution < -0.4 is 20.1 Å². The second-order valence-electron chi connectivity index (χ2n) is 12.5. The lowest BCUT2D eigenvalue weighted by atomic mass is 9.93. The van der Waals surface area contributed by atoms with E-state index in [4.69, 9.17) is 16.3 Å². The largest absolute Gasteiger partial charge is 0.477 e. The van der Waals surface area contributed by atoms with Crippen molar-refractivity contribution in [2.75, 3.05) is 25.0 Å². The number of unbranched alkanes of at least 4 members (excludes halogenated alkanes) is 1. The first-order valence-corrected chi connectivity index (χ1v) is 17.0. The number of carbonyl (C=O) groups excluding carboxylic acids is 1. The monoisotopic (exact) mass is 683 g/mol. The summed E-state index contributed by atoms with van der Waals surface area (Å²) in [4.78, 5) is 20.9. The maximum atomic E-state index is 12.9. The van der Waals surface area contributed by atoms with Gasteiger partial charge in [0.25, 0.3) is 15.9 Å². The van der Waals surface area contributed by atoms with Gasteiger partial charge in [-0.15, -0.1) is 5.10 Å². The van der Waals surface area contributed by atoms with E-state index in [9.17, 15) is 26.4 Å². The topological polar surface area (TPSA) is 140 Å². The van der Waals surface area contributed by atoms with E-state index in [1.54, 1.807) is 6.07 Å². The molecule has 0 spiro atoms. The van der Waals surface area contributed by atoms with Crippen LogP contribution in [0.1, 0.15) is 62.7 Å². The first-order valence-electron chi connectivity index (χ1n) is 15.1. The van der Waals surface area contributed by atoms with Crippen molar-refractivity contribution in [2.24, 2.45) is 17.8 Å². The molecule has 2 fully saturated rings. The molecule has 3 aromatic heterocycles. The zero-order valence-corrected chi connectivity index (χ0v) is 27.1. The van der Waals surface area contributed by atoms with Crippen molar-refractivity contribution in [3.05, 3.63) is 53.4 Å². The molecule has 1 amide bonds. The van der Waals surface area contributed by atoms with E-state index in [1.807, 2.05) is 4.72 Å². The van der Waals surface area contributed by atoms with Crippen LogP contribution in [0.15, 0.2) is 47.6 Å². The Morgan fingerprint density at radius 2 is 1.98 bits per heavy atom. The van der Waals surface area contributed by atoms with Crippen molar-refractivity contribution in [3.8, 4) is 11.7 Å². The van der Waals surface area contributed by atoms with Gasteiger partial charge in [0.1, 0.15) is 15.9 Å². The fourth-order valence-electron chi connectivity index (χ4n) is 5.66. The Hall–Kier alpha value is -3.43. The molecule has 3 unspecified atom stereocenters. The number of halogens is 4. The molecule has 0 bridgehead atoms. The van der Waals surface area contributed by atoms with Crippen LogP contribution in [0.4, 0.5) is 19.0 Å². The molecule has 3 aromatic rings. The Morgan fingerprint density at radius 3 is 2.63 bits per heavy atom. The third-order valence-electron chi connectivity index (χ3n) is 8.25. The molecule has 5 rings (SSSR count). The third-order valence-corrected chi connectivity index (χ3v) is 9.85. The minimum absolute atomic E-state index is 0.0855. The molecule has 0 aromatic carbocycles. The summed E-state index contributed by atoms with van der Waals surface area (Å²) in [5.74, 6) is -1.06. The highest BCUT2D eigenvalue weighted by Crippen LogP contribution is 2.51. The summed E-state index contributed by atoms with van der Waals surface area (Å²) in [6.07, 6.45) is 3.27. The van der Waals surface area contributed by atoms with Crippen LogP contribution in [0.25, 0.3) is 5.82 Å². The Kier molecular flexibility index (Phi) is 10.1. The van der Waals surface area contributed by atoms with Crippen LogP contribution in [-0.4, -0.2) is 65.5 Å². The van der Waals surface area contributed by atoms with Gasteiger partial charge in [0, 0.05) is 30.5 Å². The average molecular weight is 684 g/mol. The minimum Gasteiger partial charge on any atom is -0.477 e. The summed E-state index contributed by atoms with van der Waals surface area (Å²) in [5.41, 5.74) is 0.0334. The van der Waals surface area contributed by atoms with Gasteiger partial charge in [-0.05, 0) is 88.6 Å². The lowest BCUT2D eigenvalue weighted by molar-refractivity contribution is -0.151. The van der Waals surface area contributed by atoms with E-state index >= 15 is 0 Å². The van der Waals surface area contributed by atoms with Gasteiger partial charge in [-0.3, -0.25) is 4.79 Å². The van der Waals surface area contributed by atoms with Crippen molar-refractivity contribution < 1.29 is 31.1 Å². The summed E-state index contributed by atoms with van der Waals surface area (Å²) in [6.45, 7) is 6.29. The van der Waals surface area contributed by atoms with Crippen molar-refractivity contribution in [3.63, 3.8) is 0 Å². The molecule has 3 N–H and O–H groups in total. The lowest BCUT2D eigenvalue weighted by Crippen LogP contribution is -2.31. The van der Waals surface area contributed by atoms with Crippen molar-refractivity contribution >= 4 is 33.3 Å². The predicted molar refractivity (Wildman–Crippen MR) is 166 cm³/mol. The molecule has 1 aliphatic heterocycles. The molecule has 11 nitrogen and oxygen atoms in total. The summed E-state index contributed by atoms with van der Waals surface area (Å²) in [6, 6.07) is 7.13. The molecule has 1 saturated carbocycles. The smallest absolute Gasteiger partial charge is 0.392 e. The van der Waals surface area contributed by atoms with Crippen LogP contribution in [0.3, 0.4) is 0 Å². The van der Waals surface area contributed by atoms with E-state index < -0.39 is 33.9 Å². The molecule has 1 aliphatic carbocycles. The Bertz CT molecular complexity index is 1630. The summed E-state index contributed by atoms with van der Waals surface area (Å²) in [7, 11) is -4.25. The maximum absolute atomic E-state index is 12.9. The number of anilines is 1. The maximum Gasteiger partial charge on any atom is 0.392 e. The summed E-state index contributed by atoms with van der Waals surface area (Å²) in [5, 5.41) is 10.6. The number of hydrogen-bond donors (Lipinski definition) is 3. The number of pyridine rings is 2. The van der Waals surface area contributed by atoms with Gasteiger partial charge >= 0.3 is 6.18 Å². The zero-order valence-electron chi connectivity index (χ0n) is 25.5. The Balaban J connectivity index is 1.08. The molecular weight excluding hydrogens is 647 g/mol. The molecule has 2 aliphatic rings. The summed E-state index contributed by atoms with van der Waals surface area (Å²) >= 11 is 6.22. The lowest BCUT2D eigenvalue weighted by Gasteiger charge is -2.17. The SMILES string of the molecule is CC1(C)CC(CCCCNc2ccc(S(=O)(=O)NC(=O)c3ccc(-n4ccc(OCCC5CC5C(F)(F)F)n4)nc3Cl)cn2)CN1.